The Morgan fingerprint density at radius 2 is 1.44 bits per heavy atom. The SMILES string of the molecule is CCCCOCCCC.Ic1ccccc1. The van der Waals surface area contributed by atoms with Crippen LogP contribution in [-0.4, -0.2) is 13.2 Å². The van der Waals surface area contributed by atoms with Crippen molar-refractivity contribution in [2.24, 2.45) is 0 Å². The van der Waals surface area contributed by atoms with Crippen molar-refractivity contribution in [2.45, 2.75) is 39.5 Å². The van der Waals surface area contributed by atoms with E-state index in [0.717, 1.165) is 13.2 Å². The molecule has 1 nitrogen and oxygen atoms in total. The van der Waals surface area contributed by atoms with E-state index >= 15 is 0 Å². The summed E-state index contributed by atoms with van der Waals surface area (Å²) in [7, 11) is 0. The zero-order valence-electron chi connectivity index (χ0n) is 10.4. The molecule has 0 aromatic heterocycles. The van der Waals surface area contributed by atoms with Gasteiger partial charge in [0.1, 0.15) is 0 Å². The van der Waals surface area contributed by atoms with Gasteiger partial charge in [-0.25, -0.2) is 0 Å². The van der Waals surface area contributed by atoms with Gasteiger partial charge in [-0.05, 0) is 47.6 Å². The third-order valence-corrected chi connectivity index (χ3v) is 2.74. The highest BCUT2D eigenvalue weighted by molar-refractivity contribution is 14.1. The molecule has 0 aliphatic rings. The van der Waals surface area contributed by atoms with Crippen molar-refractivity contribution < 1.29 is 4.74 Å². The van der Waals surface area contributed by atoms with E-state index in [2.05, 4.69) is 48.6 Å². The lowest BCUT2D eigenvalue weighted by Gasteiger charge is -1.99. The number of benzene rings is 1. The topological polar surface area (TPSA) is 9.23 Å². The molecule has 0 aliphatic heterocycles. The van der Waals surface area contributed by atoms with Gasteiger partial charge in [-0.2, -0.15) is 0 Å². The molecule has 1 aromatic rings. The molecule has 92 valence electrons. The number of hydrogen-bond donors (Lipinski definition) is 0. The monoisotopic (exact) mass is 334 g/mol. The molecule has 1 rings (SSSR count). The molecular formula is C14H23IO. The highest BCUT2D eigenvalue weighted by Crippen LogP contribution is 1.99. The van der Waals surface area contributed by atoms with Gasteiger partial charge in [0, 0.05) is 16.8 Å². The Balaban J connectivity index is 0.000000288. The maximum atomic E-state index is 5.31. The molecular weight excluding hydrogens is 311 g/mol. The van der Waals surface area contributed by atoms with Crippen molar-refractivity contribution in [3.63, 3.8) is 0 Å². The van der Waals surface area contributed by atoms with Gasteiger partial charge in [-0.15, -0.1) is 0 Å². The van der Waals surface area contributed by atoms with Crippen LogP contribution in [0.4, 0.5) is 0 Å². The van der Waals surface area contributed by atoms with Gasteiger partial charge in [0.2, 0.25) is 0 Å². The minimum Gasteiger partial charge on any atom is -0.381 e. The summed E-state index contributed by atoms with van der Waals surface area (Å²) in [5, 5.41) is 0. The molecule has 0 radical (unpaired) electrons. The number of rotatable bonds is 6. The van der Waals surface area contributed by atoms with E-state index in [0.29, 0.717) is 0 Å². The number of ether oxygens (including phenoxy) is 1. The molecule has 0 heterocycles. The predicted octanol–water partition coefficient (Wildman–Crippen LogP) is 4.89. The number of hydrogen-bond acceptors (Lipinski definition) is 1. The van der Waals surface area contributed by atoms with Crippen LogP contribution in [0.5, 0.6) is 0 Å². The second-order valence-electron chi connectivity index (χ2n) is 3.62. The first kappa shape index (κ1) is 15.9. The van der Waals surface area contributed by atoms with Crippen LogP contribution in [0.1, 0.15) is 39.5 Å². The zero-order valence-corrected chi connectivity index (χ0v) is 12.6. The van der Waals surface area contributed by atoms with E-state index in [9.17, 15) is 0 Å². The van der Waals surface area contributed by atoms with Crippen molar-refractivity contribution in [3.8, 4) is 0 Å². The summed E-state index contributed by atoms with van der Waals surface area (Å²) in [6, 6.07) is 10.2. The molecule has 0 unspecified atom stereocenters. The van der Waals surface area contributed by atoms with Gasteiger partial charge in [0.25, 0.3) is 0 Å². The number of unbranched alkanes of at least 4 members (excludes halogenated alkanes) is 2. The smallest absolute Gasteiger partial charge is 0.0465 e. The summed E-state index contributed by atoms with van der Waals surface area (Å²) < 4.78 is 6.61. The quantitative estimate of drug-likeness (QED) is 0.531. The van der Waals surface area contributed by atoms with Crippen molar-refractivity contribution in [1.29, 1.82) is 0 Å². The van der Waals surface area contributed by atoms with Crippen molar-refractivity contribution >= 4 is 22.6 Å². The molecule has 2 heteroatoms. The van der Waals surface area contributed by atoms with Crippen LogP contribution in [0.2, 0.25) is 0 Å². The normalized spacial score (nSPS) is 9.44. The van der Waals surface area contributed by atoms with Crippen LogP contribution in [0.15, 0.2) is 30.3 Å². The van der Waals surface area contributed by atoms with Gasteiger partial charge in [-0.1, -0.05) is 44.9 Å². The highest BCUT2D eigenvalue weighted by atomic mass is 127. The van der Waals surface area contributed by atoms with Crippen molar-refractivity contribution in [2.75, 3.05) is 13.2 Å². The largest absolute Gasteiger partial charge is 0.381 e. The lowest BCUT2D eigenvalue weighted by Crippen LogP contribution is -1.95. The first-order valence-electron chi connectivity index (χ1n) is 6.09. The van der Waals surface area contributed by atoms with E-state index in [4.69, 9.17) is 4.74 Å². The first-order chi connectivity index (χ1) is 7.81. The minimum absolute atomic E-state index is 0.955. The fourth-order valence-electron chi connectivity index (χ4n) is 1.01. The van der Waals surface area contributed by atoms with E-state index in [-0.39, 0.29) is 0 Å². The van der Waals surface area contributed by atoms with Crippen molar-refractivity contribution in [3.05, 3.63) is 33.9 Å². The molecule has 0 spiro atoms. The third-order valence-electron chi connectivity index (χ3n) is 2.02. The van der Waals surface area contributed by atoms with Crippen LogP contribution in [0, 0.1) is 3.57 Å². The maximum absolute atomic E-state index is 5.31. The highest BCUT2D eigenvalue weighted by Gasteiger charge is 1.84. The Kier molecular flexibility index (Phi) is 12.9. The minimum atomic E-state index is 0.955. The second kappa shape index (κ2) is 13.0. The molecule has 1 aromatic carbocycles. The first-order valence-corrected chi connectivity index (χ1v) is 7.17. The summed E-state index contributed by atoms with van der Waals surface area (Å²) in [4.78, 5) is 0. The fraction of sp³-hybridized carbons (Fsp3) is 0.571. The summed E-state index contributed by atoms with van der Waals surface area (Å²) in [6.07, 6.45) is 4.91. The van der Waals surface area contributed by atoms with Crippen LogP contribution in [0.3, 0.4) is 0 Å². The molecule has 0 N–H and O–H groups in total. The molecule has 16 heavy (non-hydrogen) atoms. The number of halogens is 1. The predicted molar refractivity (Wildman–Crippen MR) is 79.8 cm³/mol. The summed E-state index contributed by atoms with van der Waals surface area (Å²) in [5.41, 5.74) is 0. The van der Waals surface area contributed by atoms with E-state index < -0.39 is 0 Å². The van der Waals surface area contributed by atoms with Gasteiger partial charge in [0.15, 0.2) is 0 Å². The molecule has 0 saturated carbocycles. The molecule has 0 fully saturated rings. The Bertz CT molecular complexity index is 217. The van der Waals surface area contributed by atoms with Crippen LogP contribution in [-0.2, 0) is 4.74 Å². The van der Waals surface area contributed by atoms with E-state index in [1.165, 1.54) is 29.3 Å². The Labute approximate surface area is 114 Å². The third kappa shape index (κ3) is 12.0. The molecule has 0 atom stereocenters. The Morgan fingerprint density at radius 3 is 1.75 bits per heavy atom. The Morgan fingerprint density at radius 1 is 0.938 bits per heavy atom. The average molecular weight is 334 g/mol. The molecule has 0 saturated heterocycles. The van der Waals surface area contributed by atoms with E-state index in [1.807, 2.05) is 18.2 Å². The summed E-state index contributed by atoms with van der Waals surface area (Å²) in [6.45, 7) is 6.28. The molecule has 0 amide bonds. The summed E-state index contributed by atoms with van der Waals surface area (Å²) in [5.74, 6) is 0. The van der Waals surface area contributed by atoms with Crippen LogP contribution in [0.25, 0.3) is 0 Å². The zero-order chi connectivity index (χ0) is 12.1. The molecule has 0 aliphatic carbocycles. The van der Waals surface area contributed by atoms with Crippen LogP contribution >= 0.6 is 22.6 Å². The van der Waals surface area contributed by atoms with E-state index in [1.54, 1.807) is 0 Å². The maximum Gasteiger partial charge on any atom is 0.0465 e. The Hall–Kier alpha value is -0.0900. The molecule has 0 bridgehead atoms. The average Bonchev–Trinajstić information content (AvgIpc) is 2.31. The van der Waals surface area contributed by atoms with Crippen molar-refractivity contribution in [1.82, 2.24) is 0 Å². The van der Waals surface area contributed by atoms with Gasteiger partial charge >= 0.3 is 0 Å². The van der Waals surface area contributed by atoms with Crippen LogP contribution < -0.4 is 0 Å². The summed E-state index contributed by atoms with van der Waals surface area (Å²) >= 11 is 2.28. The lowest BCUT2D eigenvalue weighted by atomic mass is 10.3. The lowest BCUT2D eigenvalue weighted by molar-refractivity contribution is 0.128. The van der Waals surface area contributed by atoms with Gasteiger partial charge in [-0.3, -0.25) is 0 Å². The standard InChI is InChI=1S/C8H18O.C6H5I/c1-3-5-7-9-8-6-4-2;7-6-4-2-1-3-5-6/h3-8H2,1-2H3;1-5H. The second-order valence-corrected chi connectivity index (χ2v) is 4.86. The fourth-order valence-corrected chi connectivity index (χ4v) is 1.42. The van der Waals surface area contributed by atoms with Gasteiger partial charge in [0.05, 0.1) is 0 Å². The van der Waals surface area contributed by atoms with Gasteiger partial charge < -0.3 is 4.74 Å².